The van der Waals surface area contributed by atoms with Gasteiger partial charge in [0.2, 0.25) is 0 Å². The summed E-state index contributed by atoms with van der Waals surface area (Å²) in [6.45, 7) is 6.69. The lowest BCUT2D eigenvalue weighted by molar-refractivity contribution is 0.206. The van der Waals surface area contributed by atoms with Crippen LogP contribution in [0.1, 0.15) is 33.1 Å². The molecule has 0 saturated carbocycles. The van der Waals surface area contributed by atoms with Gasteiger partial charge in [-0.15, -0.1) is 0 Å². The molecule has 0 aromatic rings. The topological polar surface area (TPSA) is 53.2 Å². The third kappa shape index (κ3) is 2.87. The van der Waals surface area contributed by atoms with E-state index < -0.39 is 0 Å². The Kier molecular flexibility index (Phi) is 4.20. The quantitative estimate of drug-likeness (QED) is 0.631. The van der Waals surface area contributed by atoms with Crippen molar-refractivity contribution in [2.24, 2.45) is 0 Å². The van der Waals surface area contributed by atoms with Crippen LogP contribution in [0.15, 0.2) is 0 Å². The largest absolute Gasteiger partial charge is 0.338 e. The van der Waals surface area contributed by atoms with Crippen LogP contribution in [0.25, 0.3) is 0 Å². The van der Waals surface area contributed by atoms with Crippen molar-refractivity contribution in [3.05, 3.63) is 0 Å². The number of piperidine rings is 1. The molecule has 1 unspecified atom stereocenters. The molecule has 0 aromatic carbocycles. The second kappa shape index (κ2) is 5.20. The predicted octanol–water partition coefficient (Wildman–Crippen LogP) is 0.838. The summed E-state index contributed by atoms with van der Waals surface area (Å²) in [5, 5.41) is 9.18. The van der Waals surface area contributed by atoms with Gasteiger partial charge in [0.15, 0.2) is 0 Å². The first-order chi connectivity index (χ1) is 6.72. The normalized spacial score (nSPS) is 27.0. The zero-order chi connectivity index (χ0) is 10.4. The summed E-state index contributed by atoms with van der Waals surface area (Å²) in [6, 6.07) is -0.0435. The second-order valence-electron chi connectivity index (χ2n) is 3.90. The van der Waals surface area contributed by atoms with Crippen molar-refractivity contribution in [1.29, 1.82) is 0 Å². The lowest BCUT2D eigenvalue weighted by Crippen LogP contribution is -2.59. The highest BCUT2D eigenvalue weighted by molar-refractivity contribution is 5.74. The van der Waals surface area contributed by atoms with Crippen LogP contribution < -0.4 is 16.0 Å². The zero-order valence-corrected chi connectivity index (χ0v) is 9.15. The van der Waals surface area contributed by atoms with Crippen molar-refractivity contribution in [3.8, 4) is 0 Å². The summed E-state index contributed by atoms with van der Waals surface area (Å²) in [6.07, 6.45) is 3.20. The zero-order valence-electron chi connectivity index (χ0n) is 9.15. The molecule has 1 heterocycles. The number of amides is 2. The van der Waals surface area contributed by atoms with Crippen molar-refractivity contribution in [2.45, 2.75) is 38.6 Å². The van der Waals surface area contributed by atoms with E-state index in [0.29, 0.717) is 6.54 Å². The van der Waals surface area contributed by atoms with Crippen molar-refractivity contribution in [1.82, 2.24) is 16.0 Å². The SMILES string of the molecule is CCNC(=O)NC1(CC)CCCNC1. The van der Waals surface area contributed by atoms with E-state index in [1.807, 2.05) is 6.92 Å². The highest BCUT2D eigenvalue weighted by Crippen LogP contribution is 2.19. The fourth-order valence-electron chi connectivity index (χ4n) is 1.91. The van der Waals surface area contributed by atoms with Crippen LogP contribution in [0.4, 0.5) is 4.79 Å². The summed E-state index contributed by atoms with van der Waals surface area (Å²) >= 11 is 0. The third-order valence-corrected chi connectivity index (χ3v) is 2.87. The van der Waals surface area contributed by atoms with Crippen LogP contribution in [0.2, 0.25) is 0 Å². The Morgan fingerprint density at radius 3 is 2.79 bits per heavy atom. The number of carbonyl (C=O) groups excluding carboxylic acids is 1. The van der Waals surface area contributed by atoms with Crippen LogP contribution in [0.3, 0.4) is 0 Å². The lowest BCUT2D eigenvalue weighted by atomic mass is 9.87. The molecule has 0 bridgehead atoms. The summed E-state index contributed by atoms with van der Waals surface area (Å²) < 4.78 is 0. The number of nitrogens with one attached hydrogen (secondary N) is 3. The van der Waals surface area contributed by atoms with Gasteiger partial charge in [-0.1, -0.05) is 6.92 Å². The average Bonchev–Trinajstić information content (AvgIpc) is 2.19. The van der Waals surface area contributed by atoms with Gasteiger partial charge in [0.05, 0.1) is 5.54 Å². The molecule has 0 aromatic heterocycles. The maximum absolute atomic E-state index is 11.4. The lowest BCUT2D eigenvalue weighted by Gasteiger charge is -2.37. The Labute approximate surface area is 85.8 Å². The van der Waals surface area contributed by atoms with Gasteiger partial charge >= 0.3 is 6.03 Å². The summed E-state index contributed by atoms with van der Waals surface area (Å²) in [4.78, 5) is 11.4. The minimum atomic E-state index is -0.0435. The first kappa shape index (κ1) is 11.3. The number of hydrogen-bond acceptors (Lipinski definition) is 2. The summed E-state index contributed by atoms with van der Waals surface area (Å²) in [5.74, 6) is 0. The molecule has 1 atom stereocenters. The van der Waals surface area contributed by atoms with Crippen molar-refractivity contribution in [3.63, 3.8) is 0 Å². The third-order valence-electron chi connectivity index (χ3n) is 2.87. The second-order valence-corrected chi connectivity index (χ2v) is 3.90. The van der Waals surface area contributed by atoms with E-state index in [1.165, 1.54) is 0 Å². The molecule has 14 heavy (non-hydrogen) atoms. The summed E-state index contributed by atoms with van der Waals surface area (Å²) in [5.41, 5.74) is -0.0303. The Hall–Kier alpha value is -0.770. The van der Waals surface area contributed by atoms with Crippen molar-refractivity contribution in [2.75, 3.05) is 19.6 Å². The average molecular weight is 199 g/mol. The van der Waals surface area contributed by atoms with E-state index in [-0.39, 0.29) is 11.6 Å². The van der Waals surface area contributed by atoms with E-state index in [4.69, 9.17) is 0 Å². The minimum Gasteiger partial charge on any atom is -0.338 e. The maximum atomic E-state index is 11.4. The number of rotatable bonds is 3. The van der Waals surface area contributed by atoms with Gasteiger partial charge in [0, 0.05) is 13.1 Å². The van der Waals surface area contributed by atoms with E-state index in [0.717, 1.165) is 32.4 Å². The predicted molar refractivity (Wildman–Crippen MR) is 57.3 cm³/mol. The molecule has 4 heteroatoms. The van der Waals surface area contributed by atoms with E-state index in [2.05, 4.69) is 22.9 Å². The van der Waals surface area contributed by atoms with Gasteiger partial charge < -0.3 is 16.0 Å². The smallest absolute Gasteiger partial charge is 0.315 e. The molecule has 3 N–H and O–H groups in total. The Balaban J connectivity index is 2.47. The Morgan fingerprint density at radius 2 is 2.29 bits per heavy atom. The number of hydrogen-bond donors (Lipinski definition) is 3. The van der Waals surface area contributed by atoms with Crippen LogP contribution in [-0.2, 0) is 0 Å². The first-order valence-electron chi connectivity index (χ1n) is 5.49. The fourth-order valence-corrected chi connectivity index (χ4v) is 1.91. The molecular formula is C10H21N3O. The van der Waals surface area contributed by atoms with Gasteiger partial charge in [-0.05, 0) is 32.7 Å². The van der Waals surface area contributed by atoms with Gasteiger partial charge in [-0.3, -0.25) is 0 Å². The highest BCUT2D eigenvalue weighted by Gasteiger charge is 2.31. The van der Waals surface area contributed by atoms with E-state index in [1.54, 1.807) is 0 Å². The Morgan fingerprint density at radius 1 is 1.50 bits per heavy atom. The Bertz CT molecular complexity index is 188. The highest BCUT2D eigenvalue weighted by atomic mass is 16.2. The molecule has 1 saturated heterocycles. The standard InChI is InChI=1S/C10H21N3O/c1-3-10(6-5-7-11-8-10)13-9(14)12-4-2/h11H,3-8H2,1-2H3,(H2,12,13,14). The molecule has 0 spiro atoms. The summed E-state index contributed by atoms with van der Waals surface area (Å²) in [7, 11) is 0. The molecule has 0 radical (unpaired) electrons. The van der Waals surface area contributed by atoms with Crippen LogP contribution in [0, 0.1) is 0 Å². The van der Waals surface area contributed by atoms with E-state index in [9.17, 15) is 4.79 Å². The molecule has 1 aliphatic rings. The molecule has 1 rings (SSSR count). The molecule has 1 aliphatic heterocycles. The monoisotopic (exact) mass is 199 g/mol. The van der Waals surface area contributed by atoms with E-state index >= 15 is 0 Å². The van der Waals surface area contributed by atoms with Crippen LogP contribution in [0.5, 0.6) is 0 Å². The number of urea groups is 1. The van der Waals surface area contributed by atoms with Crippen LogP contribution >= 0.6 is 0 Å². The fraction of sp³-hybridized carbons (Fsp3) is 0.900. The molecular weight excluding hydrogens is 178 g/mol. The van der Waals surface area contributed by atoms with Crippen molar-refractivity contribution >= 4 is 6.03 Å². The van der Waals surface area contributed by atoms with Gasteiger partial charge in [0.1, 0.15) is 0 Å². The molecule has 82 valence electrons. The van der Waals surface area contributed by atoms with Crippen LogP contribution in [-0.4, -0.2) is 31.2 Å². The van der Waals surface area contributed by atoms with Crippen molar-refractivity contribution < 1.29 is 4.79 Å². The van der Waals surface area contributed by atoms with Gasteiger partial charge in [-0.25, -0.2) is 4.79 Å². The van der Waals surface area contributed by atoms with Gasteiger partial charge in [-0.2, -0.15) is 0 Å². The molecule has 2 amide bonds. The first-order valence-corrected chi connectivity index (χ1v) is 5.49. The number of carbonyl (C=O) groups is 1. The molecule has 4 nitrogen and oxygen atoms in total. The van der Waals surface area contributed by atoms with Gasteiger partial charge in [0.25, 0.3) is 0 Å². The maximum Gasteiger partial charge on any atom is 0.315 e. The molecule has 0 aliphatic carbocycles. The minimum absolute atomic E-state index is 0.0303. The molecule has 1 fully saturated rings.